The molecular formula is C16H22N4. The van der Waals surface area contributed by atoms with Gasteiger partial charge in [0.25, 0.3) is 0 Å². The van der Waals surface area contributed by atoms with Crippen LogP contribution in [-0.4, -0.2) is 26.5 Å². The normalized spacial score (nSPS) is 16.6. The molecule has 1 unspecified atom stereocenters. The second-order valence-corrected chi connectivity index (χ2v) is 5.58. The molecule has 0 N–H and O–H groups in total. The number of nitrogens with zero attached hydrogens (tertiary/aromatic N) is 4. The number of pyridine rings is 1. The summed E-state index contributed by atoms with van der Waals surface area (Å²) >= 11 is 0. The molecule has 1 aliphatic carbocycles. The quantitative estimate of drug-likeness (QED) is 0.809. The molecule has 4 heteroatoms. The Kier molecular flexibility index (Phi) is 3.83. The topological polar surface area (TPSA) is 34.0 Å². The van der Waals surface area contributed by atoms with E-state index in [-0.39, 0.29) is 0 Å². The summed E-state index contributed by atoms with van der Waals surface area (Å²) in [5, 5.41) is 0. The summed E-state index contributed by atoms with van der Waals surface area (Å²) in [6.07, 6.45) is 8.46. The Bertz CT molecular complexity index is 545. The molecule has 0 radical (unpaired) electrons. The molecule has 3 rings (SSSR count). The minimum Gasteiger partial charge on any atom is -0.334 e. The first-order valence-corrected chi connectivity index (χ1v) is 7.40. The van der Waals surface area contributed by atoms with Gasteiger partial charge in [-0.25, -0.2) is 4.98 Å². The summed E-state index contributed by atoms with van der Waals surface area (Å²) < 4.78 is 2.21. The zero-order chi connectivity index (χ0) is 13.9. The van der Waals surface area contributed by atoms with Crippen LogP contribution < -0.4 is 0 Å². The smallest absolute Gasteiger partial charge is 0.122 e. The molecule has 106 valence electrons. The van der Waals surface area contributed by atoms with E-state index in [0.29, 0.717) is 6.04 Å². The van der Waals surface area contributed by atoms with Gasteiger partial charge in [-0.1, -0.05) is 6.07 Å². The van der Waals surface area contributed by atoms with Crippen LogP contribution in [0.4, 0.5) is 0 Å². The second kappa shape index (κ2) is 5.75. The molecule has 0 bridgehead atoms. The summed E-state index contributed by atoms with van der Waals surface area (Å²) in [4.78, 5) is 11.4. The van der Waals surface area contributed by atoms with E-state index < -0.39 is 0 Å². The monoisotopic (exact) mass is 270 g/mol. The Balaban J connectivity index is 1.78. The van der Waals surface area contributed by atoms with Crippen molar-refractivity contribution < 1.29 is 0 Å². The van der Waals surface area contributed by atoms with Crippen molar-refractivity contribution in [3.63, 3.8) is 0 Å². The number of imidazole rings is 1. The maximum absolute atomic E-state index is 4.56. The van der Waals surface area contributed by atoms with Crippen molar-refractivity contribution in [2.24, 2.45) is 5.92 Å². The maximum Gasteiger partial charge on any atom is 0.122 e. The van der Waals surface area contributed by atoms with Gasteiger partial charge in [0.2, 0.25) is 0 Å². The molecule has 1 atom stereocenters. The maximum atomic E-state index is 4.56. The van der Waals surface area contributed by atoms with Gasteiger partial charge in [-0.05, 0) is 44.9 Å². The third-order valence-corrected chi connectivity index (χ3v) is 4.07. The zero-order valence-electron chi connectivity index (χ0n) is 12.2. The molecule has 1 saturated carbocycles. The Labute approximate surface area is 120 Å². The van der Waals surface area contributed by atoms with Crippen LogP contribution >= 0.6 is 0 Å². The zero-order valence-corrected chi connectivity index (χ0v) is 12.2. The SMILES string of the molecule is CCn1ccnc1CN(C)C(c1ccccn1)C1CC1. The number of aromatic nitrogens is 3. The Morgan fingerprint density at radius 3 is 2.80 bits per heavy atom. The predicted molar refractivity (Wildman–Crippen MR) is 79.1 cm³/mol. The lowest BCUT2D eigenvalue weighted by Gasteiger charge is -2.27. The highest BCUT2D eigenvalue weighted by molar-refractivity contribution is 5.12. The van der Waals surface area contributed by atoms with E-state index in [1.165, 1.54) is 18.5 Å². The highest BCUT2D eigenvalue weighted by atomic mass is 15.2. The largest absolute Gasteiger partial charge is 0.334 e. The first-order valence-electron chi connectivity index (χ1n) is 7.40. The summed E-state index contributed by atoms with van der Waals surface area (Å²) in [5.41, 5.74) is 1.19. The second-order valence-electron chi connectivity index (χ2n) is 5.58. The lowest BCUT2D eigenvalue weighted by atomic mass is 10.1. The van der Waals surface area contributed by atoms with E-state index in [2.05, 4.69) is 51.7 Å². The van der Waals surface area contributed by atoms with Gasteiger partial charge in [-0.15, -0.1) is 0 Å². The average Bonchev–Trinajstić information content (AvgIpc) is 3.19. The fraction of sp³-hybridized carbons (Fsp3) is 0.500. The Morgan fingerprint density at radius 2 is 2.15 bits per heavy atom. The Hall–Kier alpha value is -1.68. The van der Waals surface area contributed by atoms with E-state index in [4.69, 9.17) is 0 Å². The van der Waals surface area contributed by atoms with Crippen molar-refractivity contribution in [1.29, 1.82) is 0 Å². The molecule has 1 aliphatic rings. The van der Waals surface area contributed by atoms with Crippen LogP contribution in [-0.2, 0) is 13.1 Å². The Morgan fingerprint density at radius 1 is 1.30 bits per heavy atom. The molecule has 0 spiro atoms. The lowest BCUT2D eigenvalue weighted by molar-refractivity contribution is 0.201. The van der Waals surface area contributed by atoms with Crippen LogP contribution in [0.5, 0.6) is 0 Å². The van der Waals surface area contributed by atoms with Crippen LogP contribution in [0.25, 0.3) is 0 Å². The first kappa shape index (κ1) is 13.3. The van der Waals surface area contributed by atoms with Crippen molar-refractivity contribution in [3.8, 4) is 0 Å². The summed E-state index contributed by atoms with van der Waals surface area (Å²) in [5.74, 6) is 1.89. The number of hydrogen-bond acceptors (Lipinski definition) is 3. The lowest BCUT2D eigenvalue weighted by Crippen LogP contribution is -2.28. The third kappa shape index (κ3) is 2.75. The van der Waals surface area contributed by atoms with Gasteiger partial charge in [-0.2, -0.15) is 0 Å². The van der Waals surface area contributed by atoms with Gasteiger partial charge in [0, 0.05) is 25.1 Å². The van der Waals surface area contributed by atoms with Crippen LogP contribution in [0.15, 0.2) is 36.8 Å². The first-order chi connectivity index (χ1) is 9.79. The van der Waals surface area contributed by atoms with Gasteiger partial charge in [-0.3, -0.25) is 9.88 Å². The van der Waals surface area contributed by atoms with Gasteiger partial charge in [0.05, 0.1) is 18.3 Å². The molecule has 2 aromatic rings. The van der Waals surface area contributed by atoms with Gasteiger partial charge < -0.3 is 4.57 Å². The van der Waals surface area contributed by atoms with Crippen molar-refractivity contribution in [3.05, 3.63) is 48.3 Å². The highest BCUT2D eigenvalue weighted by Gasteiger charge is 2.36. The van der Waals surface area contributed by atoms with Gasteiger partial charge in [0.1, 0.15) is 5.82 Å². The highest BCUT2D eigenvalue weighted by Crippen LogP contribution is 2.43. The molecule has 0 saturated heterocycles. The molecule has 20 heavy (non-hydrogen) atoms. The minimum absolute atomic E-state index is 0.415. The average molecular weight is 270 g/mol. The number of aryl methyl sites for hydroxylation is 1. The van der Waals surface area contributed by atoms with Crippen LogP contribution in [0, 0.1) is 5.92 Å². The summed E-state index contributed by atoms with van der Waals surface area (Å²) in [7, 11) is 2.19. The van der Waals surface area contributed by atoms with E-state index in [1.54, 1.807) is 0 Å². The third-order valence-electron chi connectivity index (χ3n) is 4.07. The van der Waals surface area contributed by atoms with Crippen LogP contribution in [0.2, 0.25) is 0 Å². The molecular weight excluding hydrogens is 248 g/mol. The molecule has 1 fully saturated rings. The van der Waals surface area contributed by atoms with E-state index in [0.717, 1.165) is 24.8 Å². The molecule has 4 nitrogen and oxygen atoms in total. The van der Waals surface area contributed by atoms with E-state index >= 15 is 0 Å². The molecule has 0 aromatic carbocycles. The molecule has 0 amide bonds. The minimum atomic E-state index is 0.415. The summed E-state index contributed by atoms with van der Waals surface area (Å²) in [6, 6.07) is 6.62. The molecule has 2 heterocycles. The van der Waals surface area contributed by atoms with Crippen LogP contribution in [0.3, 0.4) is 0 Å². The fourth-order valence-electron chi connectivity index (χ4n) is 2.89. The molecule has 0 aliphatic heterocycles. The molecule has 2 aromatic heterocycles. The van der Waals surface area contributed by atoms with Gasteiger partial charge in [0.15, 0.2) is 0 Å². The van der Waals surface area contributed by atoms with Crippen molar-refractivity contribution in [2.75, 3.05) is 7.05 Å². The van der Waals surface area contributed by atoms with Gasteiger partial charge >= 0.3 is 0 Å². The van der Waals surface area contributed by atoms with E-state index in [9.17, 15) is 0 Å². The van der Waals surface area contributed by atoms with E-state index in [1.807, 2.05) is 18.5 Å². The summed E-state index contributed by atoms with van der Waals surface area (Å²) in [6.45, 7) is 4.00. The standard InChI is InChI=1S/C16H22N4/c1-3-20-11-10-18-15(20)12-19(2)16(13-7-8-13)14-6-4-5-9-17-14/h4-6,9-11,13,16H,3,7-8,12H2,1-2H3. The van der Waals surface area contributed by atoms with Crippen molar-refractivity contribution >= 4 is 0 Å². The number of rotatable bonds is 6. The van der Waals surface area contributed by atoms with Crippen molar-refractivity contribution in [1.82, 2.24) is 19.4 Å². The van der Waals surface area contributed by atoms with Crippen molar-refractivity contribution in [2.45, 2.75) is 38.9 Å². The fourth-order valence-corrected chi connectivity index (χ4v) is 2.89. The van der Waals surface area contributed by atoms with Crippen LogP contribution in [0.1, 0.15) is 37.3 Å². The predicted octanol–water partition coefficient (Wildman–Crippen LogP) is 2.88. The number of hydrogen-bond donors (Lipinski definition) is 0.